The highest BCUT2D eigenvalue weighted by molar-refractivity contribution is 6.35. The van der Waals surface area contributed by atoms with Gasteiger partial charge in [-0.3, -0.25) is 14.4 Å². The number of carboxylic acids is 1. The maximum atomic E-state index is 12.9. The fraction of sp³-hybridized carbons (Fsp3) is 0.441. The third-order valence-corrected chi connectivity index (χ3v) is 9.69. The summed E-state index contributed by atoms with van der Waals surface area (Å²) < 4.78 is 43.6. The summed E-state index contributed by atoms with van der Waals surface area (Å²) in [6, 6.07) is 10.6. The topological polar surface area (TPSA) is 197 Å². The Bertz CT molecular complexity index is 1790. The quantitative estimate of drug-likeness (QED) is 0.113. The van der Waals surface area contributed by atoms with Gasteiger partial charge in [-0.1, -0.05) is 50.4 Å². The molecule has 1 unspecified atom stereocenters. The van der Waals surface area contributed by atoms with Crippen molar-refractivity contribution in [3.05, 3.63) is 64.7 Å². The highest BCUT2D eigenvalue weighted by atomic mass is 35.5. The van der Waals surface area contributed by atoms with Crippen LogP contribution in [0.4, 0.5) is 30.8 Å². The second kappa shape index (κ2) is 15.6. The molecule has 3 amide bonds. The summed E-state index contributed by atoms with van der Waals surface area (Å²) in [5, 5.41) is 23.3. The first-order chi connectivity index (χ1) is 24.6. The molecule has 2 aliphatic carbocycles. The fourth-order valence-corrected chi connectivity index (χ4v) is 6.08. The molecule has 1 heterocycles. The van der Waals surface area contributed by atoms with Crippen molar-refractivity contribution in [2.24, 2.45) is 11.3 Å². The maximum Gasteiger partial charge on any atom is 0.422 e. The Morgan fingerprint density at radius 1 is 0.942 bits per heavy atom. The highest BCUT2D eigenvalue weighted by Crippen LogP contribution is 2.57. The molecule has 0 aliphatic heterocycles. The van der Waals surface area contributed by atoms with Crippen LogP contribution in [0.25, 0.3) is 0 Å². The molecule has 6 N–H and O–H groups in total. The van der Waals surface area contributed by atoms with Crippen LogP contribution in [0.1, 0.15) is 61.9 Å². The molecule has 2 atom stereocenters. The average molecular weight is 747 g/mol. The lowest BCUT2D eigenvalue weighted by Gasteiger charge is -2.19. The number of hydrogen-bond acceptors (Lipinski definition) is 10. The van der Waals surface area contributed by atoms with Crippen LogP contribution in [0, 0.1) is 11.3 Å². The summed E-state index contributed by atoms with van der Waals surface area (Å²) in [5.74, 6) is -4.04. The van der Waals surface area contributed by atoms with Crippen LogP contribution in [0.3, 0.4) is 0 Å². The Morgan fingerprint density at radius 2 is 1.58 bits per heavy atom. The SMILES string of the molecule is CCC1(CC)CC1CNC(=O)C(=O)NC[C@H](NC(=O)c1ccc(Nc2nc(NC3(c4ccc(Cl)cc4)CC3)nc(OCC(F)(F)F)n2)cc1)C(=O)O. The van der Waals surface area contributed by atoms with Crippen LogP contribution in [0.15, 0.2) is 48.5 Å². The summed E-state index contributed by atoms with van der Waals surface area (Å²) in [5.41, 5.74) is 0.876. The molecule has 18 heteroatoms. The average Bonchev–Trinajstić information content (AvgIpc) is 4.04. The number of rotatable bonds is 16. The van der Waals surface area contributed by atoms with Gasteiger partial charge in [-0.25, -0.2) is 4.79 Å². The van der Waals surface area contributed by atoms with Gasteiger partial charge in [-0.15, -0.1) is 0 Å². The summed E-state index contributed by atoms with van der Waals surface area (Å²) in [6.45, 7) is 2.34. The normalized spacial score (nSPS) is 17.2. The van der Waals surface area contributed by atoms with Gasteiger partial charge in [0, 0.05) is 29.4 Å². The molecule has 0 spiro atoms. The number of carboxylic acid groups (broad SMARTS) is 1. The Morgan fingerprint density at radius 3 is 2.15 bits per heavy atom. The second-order valence-corrected chi connectivity index (χ2v) is 13.3. The number of aromatic nitrogens is 3. The molecular formula is C34H38ClF3N8O6. The van der Waals surface area contributed by atoms with Gasteiger partial charge in [-0.05, 0) is 72.6 Å². The maximum absolute atomic E-state index is 12.9. The van der Waals surface area contributed by atoms with E-state index < -0.39 is 60.6 Å². The first-order valence-electron chi connectivity index (χ1n) is 16.6. The first kappa shape index (κ1) is 38.1. The monoisotopic (exact) mass is 746 g/mol. The van der Waals surface area contributed by atoms with E-state index in [-0.39, 0.29) is 28.8 Å². The predicted molar refractivity (Wildman–Crippen MR) is 183 cm³/mol. The van der Waals surface area contributed by atoms with Crippen molar-refractivity contribution in [1.29, 1.82) is 0 Å². The summed E-state index contributed by atoms with van der Waals surface area (Å²) in [4.78, 5) is 61.5. The van der Waals surface area contributed by atoms with Crippen LogP contribution in [0.2, 0.25) is 5.02 Å². The molecule has 2 saturated carbocycles. The lowest BCUT2D eigenvalue weighted by Crippen LogP contribution is -2.51. The zero-order valence-electron chi connectivity index (χ0n) is 28.3. The van der Waals surface area contributed by atoms with Gasteiger partial charge in [0.25, 0.3) is 5.91 Å². The molecule has 2 aromatic carbocycles. The molecule has 3 aromatic rings. The van der Waals surface area contributed by atoms with Crippen LogP contribution in [-0.4, -0.2) is 75.7 Å². The summed E-state index contributed by atoms with van der Waals surface area (Å²) >= 11 is 6.02. The number of aliphatic carboxylic acids is 1. The minimum Gasteiger partial charge on any atom is -0.480 e. The van der Waals surface area contributed by atoms with E-state index in [1.807, 2.05) is 12.1 Å². The number of hydrogen-bond donors (Lipinski definition) is 6. The molecule has 14 nitrogen and oxygen atoms in total. The van der Waals surface area contributed by atoms with Crippen molar-refractivity contribution in [3.8, 4) is 6.01 Å². The number of ether oxygens (including phenoxy) is 1. The van der Waals surface area contributed by atoms with Gasteiger partial charge in [0.2, 0.25) is 11.9 Å². The van der Waals surface area contributed by atoms with Crippen molar-refractivity contribution in [3.63, 3.8) is 0 Å². The Balaban J connectivity index is 1.19. The zero-order chi connectivity index (χ0) is 37.7. The zero-order valence-corrected chi connectivity index (χ0v) is 29.0. The number of nitrogens with one attached hydrogen (secondary N) is 5. The molecule has 1 aromatic heterocycles. The molecule has 0 bridgehead atoms. The van der Waals surface area contributed by atoms with Gasteiger partial charge in [0.05, 0.1) is 5.54 Å². The Kier molecular flexibility index (Phi) is 11.4. The minimum absolute atomic E-state index is 0.0414. The van der Waals surface area contributed by atoms with E-state index in [1.165, 1.54) is 24.3 Å². The number of nitrogens with zero attached hydrogens (tertiary/aromatic N) is 3. The second-order valence-electron chi connectivity index (χ2n) is 12.8. The van der Waals surface area contributed by atoms with Crippen molar-refractivity contribution in [2.75, 3.05) is 30.3 Å². The van der Waals surface area contributed by atoms with E-state index in [2.05, 4.69) is 55.4 Å². The van der Waals surface area contributed by atoms with Gasteiger partial charge < -0.3 is 36.4 Å². The smallest absolute Gasteiger partial charge is 0.422 e. The number of anilines is 3. The number of amides is 3. The van der Waals surface area contributed by atoms with Crippen LogP contribution in [-0.2, 0) is 19.9 Å². The largest absolute Gasteiger partial charge is 0.480 e. The summed E-state index contributed by atoms with van der Waals surface area (Å²) in [7, 11) is 0. The molecule has 52 heavy (non-hydrogen) atoms. The van der Waals surface area contributed by atoms with E-state index in [1.54, 1.807) is 12.1 Å². The Hall–Kier alpha value is -5.19. The van der Waals surface area contributed by atoms with Crippen LogP contribution < -0.4 is 31.3 Å². The number of alkyl halides is 3. The van der Waals surface area contributed by atoms with Gasteiger partial charge >= 0.3 is 30.0 Å². The molecule has 2 fully saturated rings. The highest BCUT2D eigenvalue weighted by Gasteiger charge is 2.50. The molecule has 278 valence electrons. The lowest BCUT2D eigenvalue weighted by molar-refractivity contribution is -0.154. The van der Waals surface area contributed by atoms with Gasteiger partial charge in [0.1, 0.15) is 6.04 Å². The van der Waals surface area contributed by atoms with Crippen molar-refractivity contribution in [2.45, 2.75) is 63.7 Å². The minimum atomic E-state index is -4.64. The van der Waals surface area contributed by atoms with Crippen molar-refractivity contribution >= 4 is 52.9 Å². The third kappa shape index (κ3) is 9.77. The third-order valence-electron chi connectivity index (χ3n) is 9.43. The number of halogens is 4. The van der Waals surface area contributed by atoms with Gasteiger partial charge in [-0.2, -0.15) is 28.1 Å². The molecule has 0 radical (unpaired) electrons. The molecule has 2 aliphatic rings. The number of benzene rings is 2. The van der Waals surface area contributed by atoms with E-state index in [0.29, 0.717) is 30.1 Å². The van der Waals surface area contributed by atoms with E-state index >= 15 is 0 Å². The van der Waals surface area contributed by atoms with Crippen molar-refractivity contribution < 1.29 is 42.2 Å². The molecular weight excluding hydrogens is 709 g/mol. The lowest BCUT2D eigenvalue weighted by atomic mass is 9.97. The van der Waals surface area contributed by atoms with Crippen LogP contribution >= 0.6 is 11.6 Å². The van der Waals surface area contributed by atoms with Crippen LogP contribution in [0.5, 0.6) is 6.01 Å². The molecule has 0 saturated heterocycles. The summed E-state index contributed by atoms with van der Waals surface area (Å²) in [6.07, 6.45) is -0.313. The standard InChI is InChI=1S/C34H38ClF3N8O6/c1-3-32(4-2)15-21(32)16-39-26(48)27(49)40-17-24(28(50)51)42-25(47)19-5-11-23(12-6-19)41-29-43-30(45-31(44-29)52-18-34(36,37)38)46-33(13-14-33)20-7-9-22(35)10-8-20/h5-12,21,24H,3-4,13-18H2,1-2H3,(H,39,48)(H,40,49)(H,42,47)(H,50,51)(H2,41,43,44,45,46)/t21?,24-/m0/s1. The van der Waals surface area contributed by atoms with Gasteiger partial charge in [0.15, 0.2) is 6.61 Å². The van der Waals surface area contributed by atoms with Crippen molar-refractivity contribution in [1.82, 2.24) is 30.9 Å². The van der Waals surface area contributed by atoms with E-state index in [9.17, 15) is 37.5 Å². The first-order valence-corrected chi connectivity index (χ1v) is 17.0. The molecule has 5 rings (SSSR count). The number of carbonyl (C=O) groups excluding carboxylic acids is 3. The van der Waals surface area contributed by atoms with E-state index in [0.717, 1.165) is 24.8 Å². The predicted octanol–water partition coefficient (Wildman–Crippen LogP) is 4.55. The Labute approximate surface area is 301 Å². The fourth-order valence-electron chi connectivity index (χ4n) is 5.96. The number of carbonyl (C=O) groups is 4. The van der Waals surface area contributed by atoms with E-state index in [4.69, 9.17) is 16.3 Å².